The van der Waals surface area contributed by atoms with Gasteiger partial charge in [-0.05, 0) is 0 Å². The van der Waals surface area contributed by atoms with Crippen molar-refractivity contribution >= 4 is 16.0 Å². The molecule has 0 amide bonds. The highest BCUT2D eigenvalue weighted by Crippen LogP contribution is 2.26. The lowest BCUT2D eigenvalue weighted by Crippen LogP contribution is -3.04. The predicted molar refractivity (Wildman–Crippen MR) is 65.4 cm³/mol. The van der Waals surface area contributed by atoms with Crippen molar-refractivity contribution < 1.29 is 34.8 Å². The van der Waals surface area contributed by atoms with Crippen LogP contribution in [-0.4, -0.2) is 18.4 Å². The second-order valence-corrected chi connectivity index (χ2v) is 6.01. The molecule has 0 aliphatic heterocycles. The molecule has 25 heavy (non-hydrogen) atoms. The quantitative estimate of drug-likeness (QED) is 0.339. The standard InChI is InChI=1S/C11H2F5N5O3S/c12-5-6(13)8(15)10(9(16)7(5)14)25(23,24)21(22)11-19-3(1-17)4(2-18)20-11/h21H,(H,19,20). The first-order valence-corrected chi connectivity index (χ1v) is 7.27. The fourth-order valence-corrected chi connectivity index (χ4v) is 2.86. The van der Waals surface area contributed by atoms with Crippen LogP contribution in [0.15, 0.2) is 4.90 Å². The molecule has 0 fully saturated rings. The molecule has 1 heterocycles. The van der Waals surface area contributed by atoms with E-state index in [1.807, 2.05) is 4.98 Å². The zero-order valence-electron chi connectivity index (χ0n) is 11.4. The highest BCUT2D eigenvalue weighted by molar-refractivity contribution is 7.85. The van der Waals surface area contributed by atoms with Gasteiger partial charge in [-0.3, -0.25) is 4.98 Å². The molecule has 0 radical (unpaired) electrons. The average Bonchev–Trinajstić information content (AvgIpc) is 3.00. The zero-order chi connectivity index (χ0) is 19.1. The van der Waals surface area contributed by atoms with Crippen molar-refractivity contribution in [3.8, 4) is 12.1 Å². The number of nitrogens with zero attached hydrogens (tertiary/aromatic N) is 3. The topological polar surface area (TPSA) is 138 Å². The van der Waals surface area contributed by atoms with Gasteiger partial charge in [-0.15, -0.1) is 0 Å². The Morgan fingerprint density at radius 2 is 1.44 bits per heavy atom. The van der Waals surface area contributed by atoms with E-state index in [1.54, 1.807) is 0 Å². The Kier molecular flexibility index (Phi) is 4.46. The lowest BCUT2D eigenvalue weighted by atomic mass is 10.3. The molecular weight excluding hydrogens is 377 g/mol. The minimum absolute atomic E-state index is 0.640. The number of hydrogen-bond acceptors (Lipinski definition) is 6. The maximum absolute atomic E-state index is 13.6. The summed E-state index contributed by atoms with van der Waals surface area (Å²) in [7, 11) is -5.78. The van der Waals surface area contributed by atoms with Crippen molar-refractivity contribution in [2.24, 2.45) is 0 Å². The third kappa shape index (κ3) is 2.68. The van der Waals surface area contributed by atoms with Crippen LogP contribution in [0.4, 0.5) is 27.9 Å². The van der Waals surface area contributed by atoms with Gasteiger partial charge in [-0.1, -0.05) is 0 Å². The maximum Gasteiger partial charge on any atom is 0.338 e. The Balaban J connectivity index is 2.71. The van der Waals surface area contributed by atoms with Crippen molar-refractivity contribution in [1.82, 2.24) is 9.97 Å². The van der Waals surface area contributed by atoms with Crippen molar-refractivity contribution in [3.63, 3.8) is 0 Å². The minimum atomic E-state index is -5.78. The monoisotopic (exact) mass is 379 g/mol. The summed E-state index contributed by atoms with van der Waals surface area (Å²) in [6, 6.07) is 2.69. The maximum atomic E-state index is 13.6. The Bertz CT molecular complexity index is 1010. The molecule has 2 aromatic rings. The van der Waals surface area contributed by atoms with Gasteiger partial charge in [-0.25, -0.2) is 22.0 Å². The van der Waals surface area contributed by atoms with Gasteiger partial charge in [0.1, 0.15) is 12.1 Å². The minimum Gasteiger partial charge on any atom is -0.610 e. The Labute approximate surface area is 135 Å². The fraction of sp³-hybridized carbons (Fsp3) is 0. The van der Waals surface area contributed by atoms with Gasteiger partial charge in [0.15, 0.2) is 39.6 Å². The zero-order valence-corrected chi connectivity index (χ0v) is 12.2. The highest BCUT2D eigenvalue weighted by Gasteiger charge is 2.39. The van der Waals surface area contributed by atoms with Gasteiger partial charge in [0.2, 0.25) is 5.82 Å². The largest absolute Gasteiger partial charge is 0.610 e. The summed E-state index contributed by atoms with van der Waals surface area (Å²) in [6.45, 7) is 0. The van der Waals surface area contributed by atoms with Crippen LogP contribution in [0.1, 0.15) is 11.4 Å². The van der Waals surface area contributed by atoms with Crippen molar-refractivity contribution in [2.75, 3.05) is 0 Å². The molecule has 2 N–H and O–H groups in total. The van der Waals surface area contributed by atoms with Crippen LogP contribution in [0.25, 0.3) is 0 Å². The molecule has 0 saturated heterocycles. The van der Waals surface area contributed by atoms with E-state index in [2.05, 4.69) is 4.98 Å². The van der Waals surface area contributed by atoms with E-state index in [0.29, 0.717) is 0 Å². The molecule has 0 bridgehead atoms. The number of rotatable bonds is 3. The number of H-pyrrole nitrogens is 1. The Hall–Kier alpha value is -3.07. The van der Waals surface area contributed by atoms with Crippen LogP contribution in [0.5, 0.6) is 0 Å². The summed E-state index contributed by atoms with van der Waals surface area (Å²) >= 11 is 0. The third-order valence-electron chi connectivity index (χ3n) is 2.80. The van der Waals surface area contributed by atoms with E-state index in [0.717, 1.165) is 0 Å². The van der Waals surface area contributed by atoms with Gasteiger partial charge in [0, 0.05) is 0 Å². The molecule has 1 aromatic heterocycles. The molecule has 14 heteroatoms. The summed E-state index contributed by atoms with van der Waals surface area (Å²) in [6.07, 6.45) is 0. The number of benzene rings is 1. The van der Waals surface area contributed by atoms with Gasteiger partial charge in [0.25, 0.3) is 0 Å². The SMILES string of the molecule is N#Cc1nc([NH+]([O-])S(=O)(=O)c2c(F)c(F)c(F)c(F)c2F)[nH]c1C#N. The second kappa shape index (κ2) is 6.10. The average molecular weight is 379 g/mol. The number of halogens is 5. The van der Waals surface area contributed by atoms with Crippen molar-refractivity contribution in [3.05, 3.63) is 45.7 Å². The summed E-state index contributed by atoms with van der Waals surface area (Å²) in [4.78, 5) is 2.57. The number of nitriles is 2. The van der Waals surface area contributed by atoms with E-state index in [1.165, 1.54) is 12.1 Å². The normalized spacial score (nSPS) is 12.5. The van der Waals surface area contributed by atoms with Crippen molar-refractivity contribution in [2.45, 2.75) is 4.90 Å². The first kappa shape index (κ1) is 18.3. The van der Waals surface area contributed by atoms with E-state index < -0.39 is 65.8 Å². The Morgan fingerprint density at radius 1 is 0.960 bits per heavy atom. The highest BCUT2D eigenvalue weighted by atomic mass is 32.2. The summed E-state index contributed by atoms with van der Waals surface area (Å²) in [5.41, 5.74) is -1.35. The summed E-state index contributed by atoms with van der Waals surface area (Å²) in [5.74, 6) is -14.4. The summed E-state index contributed by atoms with van der Waals surface area (Å²) in [5, 5.41) is 29.2. The van der Waals surface area contributed by atoms with Crippen LogP contribution in [0.3, 0.4) is 0 Å². The second-order valence-electron chi connectivity index (χ2n) is 4.22. The number of quaternary nitrogens is 1. The lowest BCUT2D eigenvalue weighted by molar-refractivity contribution is -0.631. The molecule has 130 valence electrons. The van der Waals surface area contributed by atoms with Gasteiger partial charge in [0.05, 0.1) is 0 Å². The van der Waals surface area contributed by atoms with E-state index >= 15 is 0 Å². The van der Waals surface area contributed by atoms with Crippen LogP contribution in [0, 0.1) is 57.0 Å². The number of imidazole rings is 1. The molecule has 2 rings (SSSR count). The smallest absolute Gasteiger partial charge is 0.338 e. The molecule has 1 unspecified atom stereocenters. The first-order chi connectivity index (χ1) is 11.6. The fourth-order valence-electron chi connectivity index (χ4n) is 1.67. The molecule has 8 nitrogen and oxygen atoms in total. The molecule has 0 spiro atoms. The van der Waals surface area contributed by atoms with Crippen LogP contribution in [-0.2, 0) is 10.0 Å². The molecule has 0 aliphatic carbocycles. The number of sulfonamides is 1. The Morgan fingerprint density at radius 3 is 1.84 bits per heavy atom. The first-order valence-electron chi connectivity index (χ1n) is 5.79. The number of aromatic amines is 1. The number of aromatic nitrogens is 2. The van der Waals surface area contributed by atoms with Gasteiger partial charge >= 0.3 is 16.0 Å². The molecule has 0 aliphatic rings. The molecule has 1 aromatic carbocycles. The predicted octanol–water partition coefficient (Wildman–Crippen LogP) is 0.252. The number of nitrogens with one attached hydrogen (secondary N) is 2. The third-order valence-corrected chi connectivity index (χ3v) is 4.37. The lowest BCUT2D eigenvalue weighted by Gasteiger charge is -2.18. The van der Waals surface area contributed by atoms with Crippen LogP contribution < -0.4 is 4.47 Å². The molecule has 1 atom stereocenters. The van der Waals surface area contributed by atoms with Crippen LogP contribution >= 0.6 is 0 Å². The molecular formula is C11H2F5N5O3S. The van der Waals surface area contributed by atoms with Crippen LogP contribution in [0.2, 0.25) is 0 Å². The van der Waals surface area contributed by atoms with Crippen molar-refractivity contribution in [1.29, 1.82) is 10.5 Å². The summed E-state index contributed by atoms with van der Waals surface area (Å²) < 4.78 is 88.2. The van der Waals surface area contributed by atoms with Gasteiger partial charge < -0.3 is 5.21 Å². The van der Waals surface area contributed by atoms with E-state index in [9.17, 15) is 35.6 Å². The van der Waals surface area contributed by atoms with Gasteiger partial charge in [-0.2, -0.15) is 28.4 Å². The molecule has 0 saturated carbocycles. The number of hydrogen-bond donors (Lipinski definition) is 2. The van der Waals surface area contributed by atoms with E-state index in [4.69, 9.17) is 10.5 Å². The van der Waals surface area contributed by atoms with E-state index in [-0.39, 0.29) is 0 Å².